The molecule has 3 heterocycles. The Morgan fingerprint density at radius 3 is 2.55 bits per heavy atom. The number of halogens is 6. The van der Waals surface area contributed by atoms with Crippen molar-refractivity contribution in [3.63, 3.8) is 0 Å². The Morgan fingerprint density at radius 2 is 1.88 bits per heavy atom. The summed E-state index contributed by atoms with van der Waals surface area (Å²) in [4.78, 5) is 33.5. The first-order valence-corrected chi connectivity index (χ1v) is 13.0. The molecule has 0 saturated heterocycles. The molecule has 2 amide bonds. The lowest BCUT2D eigenvalue weighted by Gasteiger charge is -2.31. The van der Waals surface area contributed by atoms with Crippen LogP contribution in [-0.4, -0.2) is 46.2 Å². The molecule has 0 radical (unpaired) electrons. The Morgan fingerprint density at radius 1 is 1.14 bits per heavy atom. The van der Waals surface area contributed by atoms with Crippen molar-refractivity contribution in [2.75, 3.05) is 13.2 Å². The van der Waals surface area contributed by atoms with E-state index in [1.165, 1.54) is 31.3 Å². The Bertz CT molecular complexity index is 1770. The van der Waals surface area contributed by atoms with Crippen molar-refractivity contribution in [1.82, 2.24) is 15.3 Å². The smallest absolute Gasteiger partial charge is 0.424 e. The molecule has 2 atom stereocenters. The molecule has 2 aromatic heterocycles. The Labute approximate surface area is 245 Å². The third kappa shape index (κ3) is 4.89. The van der Waals surface area contributed by atoms with Gasteiger partial charge in [-0.15, -0.1) is 0 Å². The van der Waals surface area contributed by atoms with Gasteiger partial charge in [0.15, 0.2) is 0 Å². The molecule has 0 bridgehead atoms. The number of pyridine rings is 2. The molecular formula is C28H20Cl2F4N4O4. The van der Waals surface area contributed by atoms with E-state index in [1.54, 1.807) is 12.1 Å². The van der Waals surface area contributed by atoms with Crippen molar-refractivity contribution >= 4 is 45.9 Å². The molecule has 0 saturated carbocycles. The number of fused-ring (bicyclic) bond motifs is 2. The van der Waals surface area contributed by atoms with Crippen LogP contribution in [0.25, 0.3) is 22.2 Å². The largest absolute Gasteiger partial charge is 0.489 e. The fraction of sp³-hybridized carbons (Fsp3) is 0.214. The summed E-state index contributed by atoms with van der Waals surface area (Å²) in [6.07, 6.45) is -3.89. The highest BCUT2D eigenvalue weighted by Gasteiger charge is 2.57. The lowest BCUT2D eigenvalue weighted by Crippen LogP contribution is -2.51. The summed E-state index contributed by atoms with van der Waals surface area (Å²) in [7, 11) is 0. The molecule has 0 unspecified atom stereocenters. The van der Waals surface area contributed by atoms with E-state index >= 15 is 0 Å². The van der Waals surface area contributed by atoms with Gasteiger partial charge < -0.3 is 20.9 Å². The number of ether oxygens (including phenoxy) is 1. The van der Waals surface area contributed by atoms with Crippen LogP contribution in [0.5, 0.6) is 5.75 Å². The number of nitrogens with zero attached hydrogens (tertiary/aromatic N) is 2. The van der Waals surface area contributed by atoms with E-state index in [0.717, 1.165) is 18.2 Å². The number of carbonyl (C=O) groups excluding carboxylic acids is 2. The van der Waals surface area contributed by atoms with Gasteiger partial charge in [-0.25, -0.2) is 9.37 Å². The van der Waals surface area contributed by atoms with E-state index in [1.807, 2.05) is 0 Å². The maximum absolute atomic E-state index is 14.6. The second-order valence-electron chi connectivity index (χ2n) is 9.92. The quantitative estimate of drug-likeness (QED) is 0.258. The fourth-order valence-corrected chi connectivity index (χ4v) is 5.02. The van der Waals surface area contributed by atoms with Gasteiger partial charge in [0.05, 0.1) is 27.8 Å². The zero-order valence-corrected chi connectivity index (χ0v) is 23.0. The highest BCUT2D eigenvalue weighted by atomic mass is 35.5. The van der Waals surface area contributed by atoms with Gasteiger partial charge in [-0.05, 0) is 49.4 Å². The molecule has 1 aliphatic heterocycles. The molecule has 1 aliphatic rings. The number of aromatic nitrogens is 2. The van der Waals surface area contributed by atoms with E-state index < -0.39 is 47.1 Å². The minimum absolute atomic E-state index is 0.0428. The topological polar surface area (TPSA) is 127 Å². The standard InChI is InChI=1S/C28H20Cl2F4N4O4/c1-26(25(35)40)12-42-23-16(26)10-20(38-22(23)14-4-5-19(31)17(29)8-14)27(41,28(32,33)34)11-37-24(39)15-7-13-3-2-6-36-21(13)18(30)9-15/h2-10,41H,11-12H2,1H3,(H2,35,40)(H,37,39)/t26-,27-/m0/s1. The first-order chi connectivity index (χ1) is 19.7. The van der Waals surface area contributed by atoms with Crippen LogP contribution in [0.15, 0.2) is 54.7 Å². The summed E-state index contributed by atoms with van der Waals surface area (Å²) in [5, 5.41) is 13.5. The molecule has 0 fully saturated rings. The molecule has 8 nitrogen and oxygen atoms in total. The minimum atomic E-state index is -5.38. The average molecular weight is 623 g/mol. The number of primary amides is 1. The Hall–Kier alpha value is -4.00. The van der Waals surface area contributed by atoms with E-state index in [9.17, 15) is 32.3 Å². The number of benzene rings is 2. The normalized spacial score (nSPS) is 17.8. The van der Waals surface area contributed by atoms with Crippen LogP contribution >= 0.6 is 23.2 Å². The number of aliphatic hydroxyl groups is 1. The summed E-state index contributed by atoms with van der Waals surface area (Å²) in [5.74, 6) is -2.76. The summed E-state index contributed by atoms with van der Waals surface area (Å²) in [5.41, 5.74) is -0.750. The zero-order chi connectivity index (χ0) is 30.6. The number of amides is 2. The molecule has 42 heavy (non-hydrogen) atoms. The van der Waals surface area contributed by atoms with Crippen molar-refractivity contribution in [3.8, 4) is 17.0 Å². The molecule has 5 rings (SSSR count). The average Bonchev–Trinajstić information content (AvgIpc) is 3.29. The summed E-state index contributed by atoms with van der Waals surface area (Å²) in [6.45, 7) is -0.343. The molecule has 14 heteroatoms. The second-order valence-corrected chi connectivity index (χ2v) is 10.7. The van der Waals surface area contributed by atoms with Crippen molar-refractivity contribution in [2.24, 2.45) is 5.73 Å². The Kier molecular flexibility index (Phi) is 7.28. The van der Waals surface area contributed by atoms with E-state index in [4.69, 9.17) is 33.7 Å². The minimum Gasteiger partial charge on any atom is -0.489 e. The van der Waals surface area contributed by atoms with Crippen molar-refractivity contribution < 1.29 is 37.0 Å². The van der Waals surface area contributed by atoms with Crippen LogP contribution < -0.4 is 15.8 Å². The Balaban J connectivity index is 1.61. The van der Waals surface area contributed by atoms with Gasteiger partial charge in [-0.3, -0.25) is 14.6 Å². The van der Waals surface area contributed by atoms with Crippen LogP contribution in [-0.2, 0) is 15.8 Å². The number of alkyl halides is 3. The molecule has 2 aromatic carbocycles. The van der Waals surface area contributed by atoms with Gasteiger partial charge in [0, 0.05) is 28.3 Å². The first kappa shape index (κ1) is 29.5. The van der Waals surface area contributed by atoms with Crippen LogP contribution in [0.4, 0.5) is 17.6 Å². The fourth-order valence-electron chi connectivity index (χ4n) is 4.56. The van der Waals surface area contributed by atoms with Crippen LogP contribution in [0.3, 0.4) is 0 Å². The number of nitrogens with two attached hydrogens (primary N) is 1. The number of rotatable bonds is 6. The summed E-state index contributed by atoms with van der Waals surface area (Å²) in [6, 6.07) is 9.97. The second kappa shape index (κ2) is 10.4. The predicted octanol–water partition coefficient (Wildman–Crippen LogP) is 5.06. The van der Waals surface area contributed by atoms with Crippen LogP contribution in [0.1, 0.15) is 28.5 Å². The third-order valence-electron chi connectivity index (χ3n) is 7.13. The highest BCUT2D eigenvalue weighted by Crippen LogP contribution is 2.48. The lowest BCUT2D eigenvalue weighted by atomic mass is 9.81. The van der Waals surface area contributed by atoms with Crippen LogP contribution in [0.2, 0.25) is 10.0 Å². The van der Waals surface area contributed by atoms with E-state index in [-0.39, 0.29) is 44.8 Å². The third-order valence-corrected chi connectivity index (χ3v) is 7.71. The van der Waals surface area contributed by atoms with Gasteiger partial charge >= 0.3 is 6.18 Å². The summed E-state index contributed by atoms with van der Waals surface area (Å²) >= 11 is 12.1. The summed E-state index contributed by atoms with van der Waals surface area (Å²) < 4.78 is 63.3. The van der Waals surface area contributed by atoms with Gasteiger partial charge in [-0.1, -0.05) is 29.3 Å². The number of hydrogen-bond acceptors (Lipinski definition) is 6. The molecule has 218 valence electrons. The van der Waals surface area contributed by atoms with Crippen molar-refractivity contribution in [3.05, 3.63) is 87.4 Å². The molecule has 0 aliphatic carbocycles. The molecule has 4 N–H and O–H groups in total. The molecule has 4 aromatic rings. The van der Waals surface area contributed by atoms with E-state index in [0.29, 0.717) is 10.9 Å². The highest BCUT2D eigenvalue weighted by molar-refractivity contribution is 6.35. The van der Waals surface area contributed by atoms with Crippen molar-refractivity contribution in [2.45, 2.75) is 24.1 Å². The number of nitrogens with one attached hydrogen (secondary N) is 1. The van der Waals surface area contributed by atoms with E-state index in [2.05, 4.69) is 15.3 Å². The number of carbonyl (C=O) groups is 2. The first-order valence-electron chi connectivity index (χ1n) is 12.2. The molecule has 0 spiro atoms. The maximum atomic E-state index is 14.6. The van der Waals surface area contributed by atoms with Gasteiger partial charge in [0.25, 0.3) is 5.91 Å². The SMILES string of the molecule is C[C@]1(C(N)=O)COc2c1cc([C@@](O)(CNC(=O)c1cc(Cl)c3ncccc3c1)C(F)(F)F)nc2-c1ccc(F)c(Cl)c1. The maximum Gasteiger partial charge on any atom is 0.424 e. The van der Waals surface area contributed by atoms with Gasteiger partial charge in [-0.2, -0.15) is 13.2 Å². The zero-order valence-electron chi connectivity index (χ0n) is 21.5. The van der Waals surface area contributed by atoms with Gasteiger partial charge in [0.2, 0.25) is 11.5 Å². The lowest BCUT2D eigenvalue weighted by molar-refractivity contribution is -0.265. The van der Waals surface area contributed by atoms with Crippen molar-refractivity contribution in [1.29, 1.82) is 0 Å². The predicted molar refractivity (Wildman–Crippen MR) is 146 cm³/mol. The van der Waals surface area contributed by atoms with Gasteiger partial charge in [0.1, 0.15) is 29.3 Å². The molecular weight excluding hydrogens is 603 g/mol. The number of hydrogen-bond donors (Lipinski definition) is 3. The van der Waals surface area contributed by atoms with Crippen LogP contribution in [0, 0.1) is 5.82 Å². The monoisotopic (exact) mass is 622 g/mol.